The van der Waals surface area contributed by atoms with Gasteiger partial charge >= 0.3 is 7.60 Å². The van der Waals surface area contributed by atoms with Crippen LogP contribution in [0.3, 0.4) is 0 Å². The van der Waals surface area contributed by atoms with E-state index in [4.69, 9.17) is 9.05 Å². The van der Waals surface area contributed by atoms with E-state index in [2.05, 4.69) is 31.1 Å². The highest BCUT2D eigenvalue weighted by Crippen LogP contribution is 2.46. The number of Topliss-reactive ketones (excluding diaryl/α,β-unsaturated/α-hetero) is 1. The highest BCUT2D eigenvalue weighted by atomic mass is 31.2. The Morgan fingerprint density at radius 1 is 1.26 bits per heavy atom. The number of hydrogen-bond acceptors (Lipinski definition) is 4. The number of rotatable bonds is 7. The topological polar surface area (TPSA) is 52.6 Å². The Morgan fingerprint density at radius 2 is 1.79 bits per heavy atom. The van der Waals surface area contributed by atoms with Crippen LogP contribution >= 0.6 is 7.60 Å². The van der Waals surface area contributed by atoms with Crippen molar-refractivity contribution in [3.8, 4) is 11.5 Å². The zero-order valence-corrected chi connectivity index (χ0v) is 14.7. The first-order valence-corrected chi connectivity index (χ1v) is 11.6. The Labute approximate surface area is 117 Å². The van der Waals surface area contributed by atoms with Crippen LogP contribution in [0.2, 0.25) is 19.6 Å². The van der Waals surface area contributed by atoms with Gasteiger partial charge in [0.05, 0.1) is 0 Å². The summed E-state index contributed by atoms with van der Waals surface area (Å²) in [6.45, 7) is 8.52. The van der Waals surface area contributed by atoms with Crippen LogP contribution in [0, 0.1) is 17.4 Å². The van der Waals surface area contributed by atoms with Crippen LogP contribution in [0.5, 0.6) is 0 Å². The molecule has 0 aromatic heterocycles. The second-order valence-electron chi connectivity index (χ2n) is 5.74. The fourth-order valence-corrected chi connectivity index (χ4v) is 3.04. The SMILES string of the molecule is COP(=O)(CC(=O)C[C@@H](C)CC#C[Si](C)(C)C)OC. The Morgan fingerprint density at radius 3 is 2.21 bits per heavy atom. The molecule has 0 fully saturated rings. The molecule has 0 bridgehead atoms. The molecule has 0 unspecified atom stereocenters. The van der Waals surface area contributed by atoms with Crippen molar-refractivity contribution in [3.63, 3.8) is 0 Å². The summed E-state index contributed by atoms with van der Waals surface area (Å²) in [7, 11) is -1.98. The molecule has 0 rings (SSSR count). The van der Waals surface area contributed by atoms with E-state index in [0.717, 1.165) is 0 Å². The quantitative estimate of drug-likeness (QED) is 0.411. The molecule has 0 radical (unpaired) electrons. The Hall–Kier alpha value is -0.403. The van der Waals surface area contributed by atoms with Crippen molar-refractivity contribution in [2.24, 2.45) is 5.92 Å². The van der Waals surface area contributed by atoms with Gasteiger partial charge in [0.2, 0.25) is 0 Å². The zero-order chi connectivity index (χ0) is 15.1. The second-order valence-corrected chi connectivity index (χ2v) is 12.8. The van der Waals surface area contributed by atoms with E-state index < -0.39 is 15.7 Å². The van der Waals surface area contributed by atoms with Gasteiger partial charge in [0, 0.05) is 27.1 Å². The van der Waals surface area contributed by atoms with Crippen molar-refractivity contribution < 1.29 is 18.4 Å². The minimum absolute atomic E-state index is 0.102. The van der Waals surface area contributed by atoms with E-state index in [-0.39, 0.29) is 17.9 Å². The molecule has 1 atom stereocenters. The molecular weight excluding hydrogens is 279 g/mol. The molecule has 0 saturated carbocycles. The molecule has 4 nitrogen and oxygen atoms in total. The normalized spacial score (nSPS) is 13.6. The van der Waals surface area contributed by atoms with E-state index in [0.29, 0.717) is 12.8 Å². The molecule has 0 amide bonds. The van der Waals surface area contributed by atoms with E-state index in [1.165, 1.54) is 14.2 Å². The van der Waals surface area contributed by atoms with Crippen LogP contribution in [0.4, 0.5) is 0 Å². The molecule has 0 N–H and O–H groups in total. The van der Waals surface area contributed by atoms with E-state index >= 15 is 0 Å². The standard InChI is InChI=1S/C13H25O4PSi/c1-12(8-7-9-19(4,5)6)10-13(14)11-18(15,16-2)17-3/h12H,8,10-11H2,1-6H3/t12-/m0/s1. The molecule has 0 aliphatic heterocycles. The number of carbonyl (C=O) groups excluding carboxylic acids is 1. The van der Waals surface area contributed by atoms with Gasteiger partial charge < -0.3 is 9.05 Å². The lowest BCUT2D eigenvalue weighted by Crippen LogP contribution is -2.16. The third kappa shape index (κ3) is 9.18. The summed E-state index contributed by atoms with van der Waals surface area (Å²) >= 11 is 0. The third-order valence-electron chi connectivity index (χ3n) is 2.42. The van der Waals surface area contributed by atoms with Crippen LogP contribution in [0.15, 0.2) is 0 Å². The fraction of sp³-hybridized carbons (Fsp3) is 0.769. The summed E-state index contributed by atoms with van der Waals surface area (Å²) in [5, 5.41) is 0. The highest BCUT2D eigenvalue weighted by molar-refractivity contribution is 7.54. The maximum atomic E-state index is 11.8. The summed E-state index contributed by atoms with van der Waals surface area (Å²) in [5.41, 5.74) is 3.27. The molecule has 0 spiro atoms. The first kappa shape index (κ1) is 18.6. The Bertz CT molecular complexity index is 395. The van der Waals surface area contributed by atoms with E-state index in [1.807, 2.05) is 6.92 Å². The average molecular weight is 304 g/mol. The van der Waals surface area contributed by atoms with Crippen molar-refractivity contribution >= 4 is 21.5 Å². The first-order chi connectivity index (χ1) is 8.62. The van der Waals surface area contributed by atoms with Crippen LogP contribution in [0.25, 0.3) is 0 Å². The molecular formula is C13H25O4PSi. The van der Waals surface area contributed by atoms with E-state index in [9.17, 15) is 9.36 Å². The molecule has 0 heterocycles. The summed E-state index contributed by atoms with van der Waals surface area (Å²) in [5.74, 6) is 3.21. The molecule has 110 valence electrons. The lowest BCUT2D eigenvalue weighted by Gasteiger charge is -2.13. The molecule has 6 heteroatoms. The van der Waals surface area contributed by atoms with Crippen molar-refractivity contribution in [2.45, 2.75) is 39.4 Å². The van der Waals surface area contributed by atoms with Crippen LogP contribution in [-0.4, -0.2) is 34.2 Å². The number of carbonyl (C=O) groups is 1. The van der Waals surface area contributed by atoms with Crippen molar-refractivity contribution in [1.29, 1.82) is 0 Å². The minimum atomic E-state index is -3.22. The van der Waals surface area contributed by atoms with E-state index in [1.54, 1.807) is 0 Å². The van der Waals surface area contributed by atoms with Gasteiger partial charge in [-0.25, -0.2) is 0 Å². The summed E-state index contributed by atoms with van der Waals surface area (Å²) < 4.78 is 21.3. The van der Waals surface area contributed by atoms with Gasteiger partial charge in [-0.05, 0) is 5.92 Å². The van der Waals surface area contributed by atoms with Crippen molar-refractivity contribution in [3.05, 3.63) is 0 Å². The maximum absolute atomic E-state index is 11.8. The van der Waals surface area contributed by atoms with Gasteiger partial charge in [-0.3, -0.25) is 9.36 Å². The van der Waals surface area contributed by atoms with Gasteiger partial charge in [0.15, 0.2) is 0 Å². The molecule has 0 saturated heterocycles. The van der Waals surface area contributed by atoms with Gasteiger partial charge in [-0.1, -0.05) is 26.6 Å². The summed E-state index contributed by atoms with van der Waals surface area (Å²) in [4.78, 5) is 11.8. The van der Waals surface area contributed by atoms with Gasteiger partial charge in [-0.15, -0.1) is 11.5 Å². The Kier molecular flexibility index (Phi) is 7.84. The lowest BCUT2D eigenvalue weighted by molar-refractivity contribution is -0.117. The predicted octanol–water partition coefficient (Wildman–Crippen LogP) is 3.34. The predicted molar refractivity (Wildman–Crippen MR) is 81.0 cm³/mol. The monoisotopic (exact) mass is 304 g/mol. The van der Waals surface area contributed by atoms with Crippen LogP contribution < -0.4 is 0 Å². The van der Waals surface area contributed by atoms with Gasteiger partial charge in [0.1, 0.15) is 20.0 Å². The zero-order valence-electron chi connectivity index (χ0n) is 12.8. The molecule has 0 aromatic rings. The number of ketones is 1. The van der Waals surface area contributed by atoms with Gasteiger partial charge in [0.25, 0.3) is 0 Å². The van der Waals surface area contributed by atoms with Crippen LogP contribution in [-0.2, 0) is 18.4 Å². The lowest BCUT2D eigenvalue weighted by atomic mass is 10.0. The first-order valence-electron chi connectivity index (χ1n) is 6.34. The molecule has 0 aliphatic rings. The second kappa shape index (κ2) is 8.01. The van der Waals surface area contributed by atoms with Crippen molar-refractivity contribution in [1.82, 2.24) is 0 Å². The Balaban J connectivity index is 4.27. The minimum Gasteiger partial charge on any atom is -0.312 e. The summed E-state index contributed by atoms with van der Waals surface area (Å²) in [6.07, 6.45) is 0.892. The molecule has 0 aromatic carbocycles. The average Bonchev–Trinajstić information content (AvgIpc) is 2.26. The smallest absolute Gasteiger partial charge is 0.312 e. The highest BCUT2D eigenvalue weighted by Gasteiger charge is 2.25. The third-order valence-corrected chi connectivity index (χ3v) is 5.20. The van der Waals surface area contributed by atoms with Gasteiger partial charge in [-0.2, -0.15) is 0 Å². The summed E-state index contributed by atoms with van der Waals surface area (Å²) in [6, 6.07) is 0. The molecule has 19 heavy (non-hydrogen) atoms. The fourth-order valence-electron chi connectivity index (χ4n) is 1.44. The van der Waals surface area contributed by atoms with Crippen LogP contribution in [0.1, 0.15) is 19.8 Å². The number of hydrogen-bond donors (Lipinski definition) is 0. The largest absolute Gasteiger partial charge is 0.337 e. The molecule has 0 aliphatic carbocycles. The maximum Gasteiger partial charge on any atom is 0.337 e. The van der Waals surface area contributed by atoms with Crippen molar-refractivity contribution in [2.75, 3.05) is 20.4 Å².